The molecule has 0 saturated carbocycles. The summed E-state index contributed by atoms with van der Waals surface area (Å²) in [7, 11) is -0.596. The fraction of sp³-hybridized carbons (Fsp3) is 0.250. The predicted molar refractivity (Wildman–Crippen MR) is 149 cm³/mol. The number of rotatable bonds is 6. The van der Waals surface area contributed by atoms with Gasteiger partial charge in [-0.25, -0.2) is 0 Å². The quantitative estimate of drug-likeness (QED) is 0.295. The zero-order valence-corrected chi connectivity index (χ0v) is 23.1. The SMILES string of the molecule is C/C=S(/NC1CCN(C(=O)c2ccc(C(F)(F)F)cc2)CC1)c1cc(C#N)ccc1Oc1cc(Cl)cc(Cl)c1. The van der Waals surface area contributed by atoms with Crippen molar-refractivity contribution in [3.63, 3.8) is 0 Å². The van der Waals surface area contributed by atoms with Crippen molar-refractivity contribution in [1.29, 1.82) is 5.26 Å². The van der Waals surface area contributed by atoms with E-state index in [2.05, 4.69) is 10.8 Å². The number of hydrogen-bond acceptors (Lipinski definition) is 4. The van der Waals surface area contributed by atoms with Gasteiger partial charge < -0.3 is 9.64 Å². The fourth-order valence-corrected chi connectivity index (χ4v) is 6.37. The van der Waals surface area contributed by atoms with Crippen LogP contribution in [0.15, 0.2) is 65.6 Å². The van der Waals surface area contributed by atoms with Gasteiger partial charge in [0.05, 0.1) is 22.1 Å². The van der Waals surface area contributed by atoms with Crippen LogP contribution in [0.4, 0.5) is 13.2 Å². The number of alkyl halides is 3. The van der Waals surface area contributed by atoms with Crippen LogP contribution < -0.4 is 9.46 Å². The van der Waals surface area contributed by atoms with Crippen LogP contribution in [0.25, 0.3) is 0 Å². The third-order valence-electron chi connectivity index (χ3n) is 6.14. The number of nitrogens with zero attached hydrogens (tertiary/aromatic N) is 2. The highest BCUT2D eigenvalue weighted by Gasteiger charge is 2.31. The monoisotopic (exact) mass is 593 g/mol. The summed E-state index contributed by atoms with van der Waals surface area (Å²) < 4.78 is 48.3. The van der Waals surface area contributed by atoms with Crippen LogP contribution in [0, 0.1) is 11.3 Å². The van der Waals surface area contributed by atoms with Crippen LogP contribution in [-0.4, -0.2) is 35.3 Å². The number of benzene rings is 3. The van der Waals surface area contributed by atoms with Gasteiger partial charge in [0, 0.05) is 34.7 Å². The van der Waals surface area contributed by atoms with E-state index in [1.54, 1.807) is 41.3 Å². The Bertz CT molecular complexity index is 1410. The van der Waals surface area contributed by atoms with E-state index in [-0.39, 0.29) is 17.5 Å². The van der Waals surface area contributed by atoms with E-state index in [4.69, 9.17) is 27.9 Å². The molecule has 1 atom stereocenters. The zero-order valence-electron chi connectivity index (χ0n) is 20.8. The second-order valence-electron chi connectivity index (χ2n) is 8.81. The Kier molecular flexibility index (Phi) is 9.23. The van der Waals surface area contributed by atoms with Crippen LogP contribution in [0.2, 0.25) is 10.0 Å². The van der Waals surface area contributed by atoms with Crippen molar-refractivity contribution in [2.75, 3.05) is 13.1 Å². The van der Waals surface area contributed by atoms with Crippen molar-refractivity contribution >= 4 is 45.1 Å². The number of halogens is 5. The maximum atomic E-state index is 12.9. The van der Waals surface area contributed by atoms with E-state index in [1.165, 1.54) is 12.1 Å². The van der Waals surface area contributed by atoms with Gasteiger partial charge in [-0.3, -0.25) is 9.52 Å². The number of likely N-dealkylation sites (tertiary alicyclic amines) is 1. The molecule has 1 heterocycles. The lowest BCUT2D eigenvalue weighted by Gasteiger charge is -2.33. The van der Waals surface area contributed by atoms with Crippen molar-refractivity contribution < 1.29 is 22.7 Å². The molecule has 1 unspecified atom stereocenters. The molecule has 3 aromatic carbocycles. The predicted octanol–water partition coefficient (Wildman–Crippen LogP) is 7.94. The summed E-state index contributed by atoms with van der Waals surface area (Å²) in [5.41, 5.74) is -0.0704. The van der Waals surface area contributed by atoms with Gasteiger partial charge in [0.1, 0.15) is 11.5 Å². The van der Waals surface area contributed by atoms with Crippen LogP contribution in [0.5, 0.6) is 11.5 Å². The van der Waals surface area contributed by atoms with Gasteiger partial charge in [0.25, 0.3) is 5.91 Å². The van der Waals surface area contributed by atoms with Gasteiger partial charge in [0.15, 0.2) is 0 Å². The van der Waals surface area contributed by atoms with Crippen LogP contribution >= 0.6 is 33.9 Å². The second-order valence-corrected chi connectivity index (χ2v) is 11.5. The number of nitrogens with one attached hydrogen (secondary N) is 1. The average Bonchev–Trinajstić information content (AvgIpc) is 2.91. The van der Waals surface area contributed by atoms with E-state index < -0.39 is 22.4 Å². The molecule has 1 fully saturated rings. The van der Waals surface area contributed by atoms with E-state index in [0.717, 1.165) is 17.0 Å². The summed E-state index contributed by atoms with van der Waals surface area (Å²) in [6, 6.07) is 16.6. The highest BCUT2D eigenvalue weighted by Crippen LogP contribution is 2.38. The maximum absolute atomic E-state index is 12.9. The third kappa shape index (κ3) is 7.34. The Hall–Kier alpha value is -3.03. The van der Waals surface area contributed by atoms with Crippen molar-refractivity contribution in [2.45, 2.75) is 36.9 Å². The van der Waals surface area contributed by atoms with E-state index in [9.17, 15) is 23.2 Å². The first-order valence-electron chi connectivity index (χ1n) is 12.0. The molecule has 204 valence electrons. The molecule has 1 saturated heterocycles. The van der Waals surface area contributed by atoms with Gasteiger partial charge in [-0.1, -0.05) is 33.9 Å². The second kappa shape index (κ2) is 12.4. The number of piperidine rings is 1. The molecule has 1 N–H and O–H groups in total. The topological polar surface area (TPSA) is 65.4 Å². The number of nitriles is 1. The normalized spacial score (nSPS) is 15.2. The highest BCUT2D eigenvalue weighted by molar-refractivity contribution is 8.13. The van der Waals surface area contributed by atoms with Crippen molar-refractivity contribution in [2.24, 2.45) is 0 Å². The first-order valence-corrected chi connectivity index (χ1v) is 14.0. The first kappa shape index (κ1) is 29.0. The largest absolute Gasteiger partial charge is 0.456 e. The summed E-state index contributed by atoms with van der Waals surface area (Å²) in [6.45, 7) is 2.83. The molecule has 39 heavy (non-hydrogen) atoms. The first-order chi connectivity index (χ1) is 18.6. The number of carbonyl (C=O) groups is 1. The van der Waals surface area contributed by atoms with Crippen LogP contribution in [0.1, 0.15) is 41.3 Å². The molecule has 1 aliphatic rings. The average molecular weight is 594 g/mol. The minimum atomic E-state index is -4.45. The molecule has 0 aliphatic carbocycles. The Morgan fingerprint density at radius 3 is 2.28 bits per heavy atom. The molecule has 1 aliphatic heterocycles. The lowest BCUT2D eigenvalue weighted by molar-refractivity contribution is -0.137. The molecule has 0 bridgehead atoms. The summed E-state index contributed by atoms with van der Waals surface area (Å²) >= 11 is 12.2. The van der Waals surface area contributed by atoms with Gasteiger partial charge in [-0.15, -0.1) is 0 Å². The molecule has 5 nitrogen and oxygen atoms in total. The number of ether oxygens (including phenoxy) is 1. The van der Waals surface area contributed by atoms with Crippen molar-refractivity contribution in [3.05, 3.63) is 87.4 Å². The van der Waals surface area contributed by atoms with E-state index >= 15 is 0 Å². The van der Waals surface area contributed by atoms with Crippen molar-refractivity contribution in [1.82, 2.24) is 9.62 Å². The Morgan fingerprint density at radius 2 is 1.72 bits per heavy atom. The molecule has 0 spiro atoms. The zero-order chi connectivity index (χ0) is 28.2. The number of hydrogen-bond donors (Lipinski definition) is 1. The van der Waals surface area contributed by atoms with E-state index in [0.29, 0.717) is 53.0 Å². The van der Waals surface area contributed by atoms with Crippen LogP contribution in [0.3, 0.4) is 0 Å². The van der Waals surface area contributed by atoms with Gasteiger partial charge in [-0.2, -0.15) is 18.4 Å². The molecule has 0 radical (unpaired) electrons. The molecule has 0 aromatic heterocycles. The molecule has 11 heteroatoms. The highest BCUT2D eigenvalue weighted by atomic mass is 35.5. The molecule has 1 amide bonds. The van der Waals surface area contributed by atoms with E-state index in [1.807, 2.05) is 12.3 Å². The lowest BCUT2D eigenvalue weighted by Crippen LogP contribution is -2.43. The minimum Gasteiger partial charge on any atom is -0.456 e. The standard InChI is InChI=1S/C28H24Cl2F3N3O2S/c1-2-39(26-13-18(17-34)3-8-25(26)38-24-15-21(29)14-22(30)16-24)35-23-9-11-36(12-10-23)27(37)19-4-6-20(7-5-19)28(31,32)33/h2-8,13-16,23,35H,9-12H2,1H3. The van der Waals surface area contributed by atoms with Gasteiger partial charge in [0.2, 0.25) is 0 Å². The smallest absolute Gasteiger partial charge is 0.416 e. The fourth-order valence-electron chi connectivity index (χ4n) is 4.17. The molecule has 4 rings (SSSR count). The number of carbonyl (C=O) groups excluding carboxylic acids is 1. The third-order valence-corrected chi connectivity index (χ3v) is 8.43. The summed E-state index contributed by atoms with van der Waals surface area (Å²) in [4.78, 5) is 15.3. The lowest BCUT2D eigenvalue weighted by atomic mass is 10.0. The number of amides is 1. The minimum absolute atomic E-state index is 0.0698. The molecular weight excluding hydrogens is 570 g/mol. The molecular formula is C28H24Cl2F3N3O2S. The van der Waals surface area contributed by atoms with Crippen LogP contribution in [-0.2, 0) is 6.18 Å². The van der Waals surface area contributed by atoms with Gasteiger partial charge >= 0.3 is 6.18 Å². The van der Waals surface area contributed by atoms with Crippen molar-refractivity contribution in [3.8, 4) is 17.6 Å². The summed E-state index contributed by atoms with van der Waals surface area (Å²) in [5.74, 6) is 0.727. The maximum Gasteiger partial charge on any atom is 0.416 e. The Balaban J connectivity index is 1.45. The molecule has 3 aromatic rings. The van der Waals surface area contributed by atoms with Gasteiger partial charge in [-0.05, 0) is 85.8 Å². The summed E-state index contributed by atoms with van der Waals surface area (Å²) in [5, 5.41) is 12.3. The Labute approximate surface area is 237 Å². The Morgan fingerprint density at radius 1 is 1.08 bits per heavy atom. The summed E-state index contributed by atoms with van der Waals surface area (Å²) in [6.07, 6.45) is -3.14.